The molecule has 1 amide bonds. The number of ether oxygens (including phenoxy) is 1. The number of carbonyl (C=O) groups is 1. The first kappa shape index (κ1) is 23.9. The second-order valence-electron chi connectivity index (χ2n) is 7.28. The summed E-state index contributed by atoms with van der Waals surface area (Å²) in [5.74, 6) is -5.73. The van der Waals surface area contributed by atoms with Crippen LogP contribution in [0.1, 0.15) is 17.3 Å². The maximum absolute atomic E-state index is 15.0. The molecule has 0 unspecified atom stereocenters. The van der Waals surface area contributed by atoms with Crippen molar-refractivity contribution in [3.05, 3.63) is 88.2 Å². The first-order chi connectivity index (χ1) is 16.5. The van der Waals surface area contributed by atoms with E-state index < -0.39 is 64.0 Å². The first-order valence-corrected chi connectivity index (χ1v) is 9.86. The van der Waals surface area contributed by atoms with Crippen LogP contribution in [0, 0.1) is 17.5 Å². The van der Waals surface area contributed by atoms with E-state index in [-0.39, 0.29) is 5.65 Å². The number of benzene rings is 2. The molecular formula is C22H14F6N4O3. The van der Waals surface area contributed by atoms with Gasteiger partial charge in [-0.2, -0.15) is 17.9 Å². The predicted molar refractivity (Wildman–Crippen MR) is 111 cm³/mol. The second-order valence-corrected chi connectivity index (χ2v) is 7.28. The molecule has 1 N–H and O–H groups in total. The molecule has 4 rings (SSSR count). The normalized spacial score (nSPS) is 12.5. The van der Waals surface area contributed by atoms with E-state index in [1.165, 1.54) is 18.3 Å². The Morgan fingerprint density at radius 1 is 1.03 bits per heavy atom. The van der Waals surface area contributed by atoms with Gasteiger partial charge in [0.1, 0.15) is 34.6 Å². The summed E-state index contributed by atoms with van der Waals surface area (Å²) in [7, 11) is 0. The summed E-state index contributed by atoms with van der Waals surface area (Å²) >= 11 is 0. The number of rotatable bonds is 5. The zero-order valence-electron chi connectivity index (χ0n) is 17.6. The molecule has 0 aliphatic rings. The summed E-state index contributed by atoms with van der Waals surface area (Å²) in [6.07, 6.45) is -6.00. The second kappa shape index (κ2) is 8.81. The van der Waals surface area contributed by atoms with Gasteiger partial charge in [0.15, 0.2) is 11.8 Å². The van der Waals surface area contributed by atoms with Crippen molar-refractivity contribution in [1.82, 2.24) is 14.2 Å². The largest absolute Gasteiger partial charge is 0.480 e. The van der Waals surface area contributed by atoms with E-state index in [0.717, 1.165) is 22.6 Å². The Balaban J connectivity index is 1.84. The van der Waals surface area contributed by atoms with Gasteiger partial charge in [-0.3, -0.25) is 4.79 Å². The number of para-hydroxylation sites is 1. The summed E-state index contributed by atoms with van der Waals surface area (Å²) in [5.41, 5.74) is -3.05. The van der Waals surface area contributed by atoms with Gasteiger partial charge in [0.2, 0.25) is 0 Å². The molecule has 2 aromatic carbocycles. The van der Waals surface area contributed by atoms with E-state index in [1.54, 1.807) is 6.07 Å². The topological polar surface area (TPSA) is 77.6 Å². The van der Waals surface area contributed by atoms with E-state index in [4.69, 9.17) is 4.74 Å². The zero-order valence-corrected chi connectivity index (χ0v) is 17.6. The maximum Gasteiger partial charge on any atom is 0.425 e. The summed E-state index contributed by atoms with van der Waals surface area (Å²) in [5, 5.41) is 5.79. The number of fused-ring (bicyclic) bond motifs is 1. The average Bonchev–Trinajstić information content (AvgIpc) is 3.13. The van der Waals surface area contributed by atoms with Crippen LogP contribution in [0.3, 0.4) is 0 Å². The van der Waals surface area contributed by atoms with E-state index in [9.17, 15) is 31.5 Å². The summed E-state index contributed by atoms with van der Waals surface area (Å²) in [4.78, 5) is 25.3. The summed E-state index contributed by atoms with van der Waals surface area (Å²) < 4.78 is 88.9. The molecule has 1 atom stereocenters. The molecule has 13 heteroatoms. The molecule has 0 saturated carbocycles. The minimum absolute atomic E-state index is 0.111. The van der Waals surface area contributed by atoms with Gasteiger partial charge in [-0.1, -0.05) is 12.1 Å². The number of hydrogen-bond acceptors (Lipinski definition) is 4. The Kier molecular flexibility index (Phi) is 6.01. The maximum atomic E-state index is 15.0. The van der Waals surface area contributed by atoms with Crippen molar-refractivity contribution in [3.63, 3.8) is 0 Å². The highest BCUT2D eigenvalue weighted by atomic mass is 19.4. The van der Waals surface area contributed by atoms with E-state index >= 15 is 4.39 Å². The van der Waals surface area contributed by atoms with Crippen molar-refractivity contribution >= 4 is 17.2 Å². The smallest absolute Gasteiger partial charge is 0.425 e. The Morgan fingerprint density at radius 3 is 2.34 bits per heavy atom. The lowest BCUT2D eigenvalue weighted by molar-refractivity contribution is -0.189. The third-order valence-corrected chi connectivity index (χ3v) is 4.92. The number of nitrogens with one attached hydrogen (secondary N) is 1. The predicted octanol–water partition coefficient (Wildman–Crippen LogP) is 4.48. The van der Waals surface area contributed by atoms with Crippen molar-refractivity contribution in [3.8, 4) is 11.4 Å². The zero-order chi connectivity index (χ0) is 25.5. The molecule has 0 radical (unpaired) electrons. The molecular weight excluding hydrogens is 482 g/mol. The highest BCUT2D eigenvalue weighted by molar-refractivity contribution is 6.06. The lowest BCUT2D eigenvalue weighted by atomic mass is 10.1. The quantitative estimate of drug-likeness (QED) is 0.414. The third-order valence-electron chi connectivity index (χ3n) is 4.92. The average molecular weight is 496 g/mol. The molecule has 182 valence electrons. The number of aromatic nitrogens is 3. The van der Waals surface area contributed by atoms with Crippen LogP contribution in [0.15, 0.2) is 59.5 Å². The van der Waals surface area contributed by atoms with Gasteiger partial charge in [-0.25, -0.2) is 22.4 Å². The molecule has 0 aliphatic carbocycles. The molecule has 0 bridgehead atoms. The number of halogens is 6. The van der Waals surface area contributed by atoms with Crippen molar-refractivity contribution in [2.75, 3.05) is 5.32 Å². The van der Waals surface area contributed by atoms with Crippen molar-refractivity contribution in [2.45, 2.75) is 19.2 Å². The Labute approximate surface area is 192 Å². The molecule has 7 nitrogen and oxygen atoms in total. The number of pyridine rings is 1. The monoisotopic (exact) mass is 496 g/mol. The van der Waals surface area contributed by atoms with Gasteiger partial charge in [0.05, 0.1) is 5.56 Å². The van der Waals surface area contributed by atoms with Crippen LogP contribution >= 0.6 is 0 Å². The fourth-order valence-corrected chi connectivity index (χ4v) is 3.12. The van der Waals surface area contributed by atoms with Crippen LogP contribution in [0.5, 0.6) is 5.75 Å². The molecule has 0 spiro atoms. The number of anilines is 1. The van der Waals surface area contributed by atoms with Crippen molar-refractivity contribution in [2.24, 2.45) is 0 Å². The highest BCUT2D eigenvalue weighted by Crippen LogP contribution is 2.31. The minimum Gasteiger partial charge on any atom is -0.480 e. The number of amides is 1. The van der Waals surface area contributed by atoms with Crippen LogP contribution < -0.4 is 15.7 Å². The van der Waals surface area contributed by atoms with Gasteiger partial charge in [-0.15, -0.1) is 5.10 Å². The fourth-order valence-electron chi connectivity index (χ4n) is 3.12. The molecule has 0 saturated heterocycles. The van der Waals surface area contributed by atoms with Crippen molar-refractivity contribution in [1.29, 1.82) is 0 Å². The van der Waals surface area contributed by atoms with E-state index in [0.29, 0.717) is 23.7 Å². The van der Waals surface area contributed by atoms with Gasteiger partial charge in [-0.05, 0) is 37.3 Å². The minimum atomic E-state index is -4.88. The number of hydrogen-bond donors (Lipinski definition) is 1. The molecule has 4 aromatic rings. The van der Waals surface area contributed by atoms with Crippen LogP contribution in [0.2, 0.25) is 0 Å². The Hall–Kier alpha value is -4.29. The van der Waals surface area contributed by atoms with Crippen LogP contribution in [0.25, 0.3) is 11.3 Å². The van der Waals surface area contributed by atoms with Gasteiger partial charge >= 0.3 is 11.9 Å². The van der Waals surface area contributed by atoms with Crippen LogP contribution in [-0.2, 0) is 0 Å². The van der Waals surface area contributed by atoms with Gasteiger partial charge < -0.3 is 10.1 Å². The van der Waals surface area contributed by atoms with Crippen LogP contribution in [-0.4, -0.2) is 32.4 Å². The molecule has 35 heavy (non-hydrogen) atoms. The van der Waals surface area contributed by atoms with Gasteiger partial charge in [0, 0.05) is 12.3 Å². The highest BCUT2D eigenvalue weighted by Gasteiger charge is 2.39. The Bertz CT molecular complexity index is 1470. The van der Waals surface area contributed by atoms with Crippen molar-refractivity contribution < 1.29 is 35.9 Å². The molecule has 2 aromatic heterocycles. The number of nitrogens with zero attached hydrogens (tertiary/aromatic N) is 3. The number of alkyl halides is 3. The first-order valence-electron chi connectivity index (χ1n) is 9.86. The van der Waals surface area contributed by atoms with Gasteiger partial charge in [0.25, 0.3) is 5.91 Å². The molecule has 0 fully saturated rings. The summed E-state index contributed by atoms with van der Waals surface area (Å²) in [6.45, 7) is 0.637. The standard InChI is InChI=1S/C22H14F6N4O3/c1-11(22(26,27)28)35-17-10-16(32-21(34)31-8-3-2-7-18(31)30-32)15(25)9-12(17)20(33)29-19-13(23)5-4-6-14(19)24/h2-11H,1H3,(H,29,33)/t11-/m0/s1. The number of carbonyl (C=O) groups excluding carboxylic acids is 1. The lowest BCUT2D eigenvalue weighted by Gasteiger charge is -2.20. The van der Waals surface area contributed by atoms with E-state index in [2.05, 4.69) is 5.10 Å². The van der Waals surface area contributed by atoms with Crippen LogP contribution in [0.4, 0.5) is 32.0 Å². The molecule has 0 aliphatic heterocycles. The molecule has 2 heterocycles. The summed E-state index contributed by atoms with van der Waals surface area (Å²) in [6, 6.07) is 8.35. The fraction of sp³-hybridized carbons (Fsp3) is 0.136. The third kappa shape index (κ3) is 4.56. The van der Waals surface area contributed by atoms with E-state index in [1.807, 2.05) is 5.32 Å². The lowest BCUT2D eigenvalue weighted by Crippen LogP contribution is -2.32. The Morgan fingerprint density at radius 2 is 1.71 bits per heavy atom. The SMILES string of the molecule is C[C@H](Oc1cc(-n2nc3ccccn3c2=O)c(F)cc1C(=O)Nc1c(F)cccc1F)C(F)(F)F.